The Morgan fingerprint density at radius 2 is 2.08 bits per heavy atom. The molecule has 0 aliphatic heterocycles. The van der Waals surface area contributed by atoms with Crippen molar-refractivity contribution < 1.29 is 8.78 Å². The molecule has 1 aromatic rings. The van der Waals surface area contributed by atoms with Crippen LogP contribution in [0.2, 0.25) is 0 Å². The molecule has 1 rings (SSSR count). The van der Waals surface area contributed by atoms with Gasteiger partial charge in [0.15, 0.2) is 11.6 Å². The van der Waals surface area contributed by atoms with Crippen LogP contribution in [0.15, 0.2) is 18.2 Å². The van der Waals surface area contributed by atoms with Crippen LogP contribution >= 0.6 is 0 Å². The van der Waals surface area contributed by atoms with Crippen molar-refractivity contribution in [3.05, 3.63) is 29.8 Å². The number of nitrogens with one attached hydrogen (secondary N) is 1. The predicted octanol–water partition coefficient (Wildman–Crippen LogP) is 1.21. The van der Waals surface area contributed by atoms with E-state index in [4.69, 9.17) is 5.26 Å². The number of anilines is 1. The monoisotopic (exact) mass is 166 g/mol. The molecule has 0 aromatic heterocycles. The fourth-order valence-electron chi connectivity index (χ4n) is 0.748. The van der Waals surface area contributed by atoms with Crippen LogP contribution < -0.4 is 5.23 Å². The fraction of sp³-hybridized carbons (Fsp3) is 0. The molecule has 0 saturated heterocycles. The van der Waals surface area contributed by atoms with Crippen LogP contribution in [0, 0.1) is 22.9 Å². The van der Waals surface area contributed by atoms with Gasteiger partial charge >= 0.3 is 7.41 Å². The van der Waals surface area contributed by atoms with Crippen molar-refractivity contribution in [1.29, 1.82) is 5.26 Å². The quantitative estimate of drug-likeness (QED) is 0.670. The van der Waals surface area contributed by atoms with Gasteiger partial charge in [0.2, 0.25) is 0 Å². The minimum atomic E-state index is -0.919. The van der Waals surface area contributed by atoms with Gasteiger partial charge in [-0.25, -0.2) is 14.0 Å². The first-order valence-electron chi connectivity index (χ1n) is 3.30. The van der Waals surface area contributed by atoms with Crippen molar-refractivity contribution in [1.82, 2.24) is 0 Å². The molecule has 1 aromatic carbocycles. The smallest absolute Gasteiger partial charge is 0.358 e. The molecule has 0 spiro atoms. The number of halogens is 2. The van der Waals surface area contributed by atoms with Crippen LogP contribution in [-0.2, 0) is 0 Å². The molecule has 0 atom stereocenters. The summed E-state index contributed by atoms with van der Waals surface area (Å²) in [4.78, 5) is 0. The van der Waals surface area contributed by atoms with E-state index in [1.807, 2.05) is 5.97 Å². The van der Waals surface area contributed by atoms with E-state index in [9.17, 15) is 8.78 Å². The number of benzene rings is 1. The summed E-state index contributed by atoms with van der Waals surface area (Å²) in [5.41, 5.74) is 0.399. The molecule has 0 bridgehead atoms. The third-order valence-corrected chi connectivity index (χ3v) is 1.29. The lowest BCUT2D eigenvalue weighted by Crippen LogP contribution is -2.03. The molecular weight excluding hydrogens is 161 g/mol. The third-order valence-electron chi connectivity index (χ3n) is 1.29. The maximum absolute atomic E-state index is 12.5. The molecule has 0 fully saturated rings. The predicted molar refractivity (Wildman–Crippen MR) is 42.7 cm³/mol. The summed E-state index contributed by atoms with van der Waals surface area (Å²) in [7, 11) is 0.0745. The zero-order valence-electron chi connectivity index (χ0n) is 6.14. The summed E-state index contributed by atoms with van der Waals surface area (Å²) in [6, 6.07) is 3.39. The first-order valence-corrected chi connectivity index (χ1v) is 3.30. The van der Waals surface area contributed by atoms with Crippen LogP contribution in [0.3, 0.4) is 0 Å². The topological polar surface area (TPSA) is 35.8 Å². The van der Waals surface area contributed by atoms with E-state index in [2.05, 4.69) is 5.23 Å². The molecule has 0 heterocycles. The summed E-state index contributed by atoms with van der Waals surface area (Å²) in [5, 5.41) is 10.8. The van der Waals surface area contributed by atoms with E-state index in [0.29, 0.717) is 5.69 Å². The van der Waals surface area contributed by atoms with Crippen molar-refractivity contribution in [3.63, 3.8) is 0 Å². The molecule has 0 unspecified atom stereocenters. The highest BCUT2D eigenvalue weighted by atomic mass is 19.2. The van der Waals surface area contributed by atoms with Crippen molar-refractivity contribution >= 4 is 13.1 Å². The molecule has 0 aliphatic carbocycles. The summed E-state index contributed by atoms with van der Waals surface area (Å²) in [6.07, 6.45) is 0. The summed E-state index contributed by atoms with van der Waals surface area (Å²) >= 11 is 0. The number of rotatable bonds is 2. The molecule has 12 heavy (non-hydrogen) atoms. The molecule has 5 heteroatoms. The Balaban J connectivity index is 2.77. The summed E-state index contributed by atoms with van der Waals surface area (Å²) in [5.74, 6) is 0.0132. The lowest BCUT2D eigenvalue weighted by molar-refractivity contribution is 0.509. The van der Waals surface area contributed by atoms with Crippen LogP contribution in [0.1, 0.15) is 0 Å². The van der Waals surface area contributed by atoms with E-state index < -0.39 is 11.6 Å². The second kappa shape index (κ2) is 3.72. The van der Waals surface area contributed by atoms with E-state index >= 15 is 0 Å². The Morgan fingerprint density at radius 1 is 1.33 bits per heavy atom. The van der Waals surface area contributed by atoms with Crippen LogP contribution in [0.25, 0.3) is 0 Å². The van der Waals surface area contributed by atoms with E-state index in [1.54, 1.807) is 0 Å². The normalized spacial score (nSPS) is 8.75. The average molecular weight is 166 g/mol. The van der Waals surface area contributed by atoms with Crippen molar-refractivity contribution in [2.45, 2.75) is 0 Å². The van der Waals surface area contributed by atoms with Gasteiger partial charge in [0.1, 0.15) is 0 Å². The van der Waals surface area contributed by atoms with Gasteiger partial charge in [-0.3, -0.25) is 0 Å². The lowest BCUT2D eigenvalue weighted by Gasteiger charge is -2.00. The van der Waals surface area contributed by atoms with E-state index in [-0.39, 0.29) is 7.41 Å². The maximum Gasteiger partial charge on any atom is 0.358 e. The summed E-state index contributed by atoms with van der Waals surface area (Å²) < 4.78 is 24.9. The van der Waals surface area contributed by atoms with E-state index in [1.165, 1.54) is 6.07 Å². The first-order chi connectivity index (χ1) is 5.74. The van der Waals surface area contributed by atoms with Crippen molar-refractivity contribution in [2.24, 2.45) is 0 Å². The Kier molecular flexibility index (Phi) is 2.64. The summed E-state index contributed by atoms with van der Waals surface area (Å²) in [6.45, 7) is 0. The number of nitriles is 1. The number of hydrogen-bond acceptors (Lipinski definition) is 2. The lowest BCUT2D eigenvalue weighted by atomic mass is 9.98. The number of hydrogen-bond donors (Lipinski definition) is 1. The van der Waals surface area contributed by atoms with Gasteiger partial charge in [0.05, 0.1) is 0 Å². The van der Waals surface area contributed by atoms with Crippen molar-refractivity contribution in [2.75, 3.05) is 5.23 Å². The minimum absolute atomic E-state index is 0.0745. The van der Waals surface area contributed by atoms with Gasteiger partial charge in [-0.1, -0.05) is 0 Å². The second-order valence-corrected chi connectivity index (χ2v) is 2.14. The van der Waals surface area contributed by atoms with Crippen molar-refractivity contribution in [3.8, 4) is 5.97 Å². The third kappa shape index (κ3) is 1.96. The molecule has 0 aliphatic rings. The molecule has 60 valence electrons. The van der Waals surface area contributed by atoms with Gasteiger partial charge < -0.3 is 5.23 Å². The highest BCUT2D eigenvalue weighted by molar-refractivity contribution is 6.49. The Morgan fingerprint density at radius 3 is 2.67 bits per heavy atom. The molecule has 0 amide bonds. The molecule has 0 radical (unpaired) electrons. The number of nitrogens with zero attached hydrogens (tertiary/aromatic N) is 1. The van der Waals surface area contributed by atoms with Gasteiger partial charge in [-0.05, 0) is 18.2 Å². The van der Waals surface area contributed by atoms with Gasteiger partial charge in [0.25, 0.3) is 0 Å². The highest BCUT2D eigenvalue weighted by Gasteiger charge is 2.01. The van der Waals surface area contributed by atoms with Crippen LogP contribution in [0.5, 0.6) is 0 Å². The zero-order chi connectivity index (χ0) is 8.97. The standard InChI is InChI=1S/C7H5BF2N2/c9-6-2-1-5(3-7(6)10)12-8-4-11/h1-3,8,12H. The molecular formula is C7H5BF2N2. The van der Waals surface area contributed by atoms with Crippen LogP contribution in [-0.4, -0.2) is 7.41 Å². The largest absolute Gasteiger partial charge is 0.418 e. The maximum atomic E-state index is 12.5. The molecule has 1 N–H and O–H groups in total. The second-order valence-electron chi connectivity index (χ2n) is 2.14. The minimum Gasteiger partial charge on any atom is -0.418 e. The van der Waals surface area contributed by atoms with Gasteiger partial charge in [0, 0.05) is 11.7 Å². The van der Waals surface area contributed by atoms with Gasteiger partial charge in [-0.2, -0.15) is 0 Å². The first kappa shape index (κ1) is 8.53. The average Bonchev–Trinajstić information content (AvgIpc) is 2.07. The molecule has 0 saturated carbocycles. The fourth-order valence-corrected chi connectivity index (χ4v) is 0.748. The van der Waals surface area contributed by atoms with Gasteiger partial charge in [-0.15, -0.1) is 0 Å². The Bertz CT molecular complexity index is 322. The zero-order valence-corrected chi connectivity index (χ0v) is 6.14. The Hall–Kier alpha value is -1.57. The van der Waals surface area contributed by atoms with E-state index in [0.717, 1.165) is 12.1 Å². The highest BCUT2D eigenvalue weighted by Crippen LogP contribution is 2.11. The Labute approximate surface area is 69.1 Å². The SMILES string of the molecule is N#CBNc1ccc(F)c(F)c1. The van der Waals surface area contributed by atoms with Crippen LogP contribution in [0.4, 0.5) is 14.5 Å². The molecule has 2 nitrogen and oxygen atoms in total.